The Morgan fingerprint density at radius 2 is 1.03 bits per heavy atom. The quantitative estimate of drug-likeness (QED) is 0.0779. The van der Waals surface area contributed by atoms with Crippen LogP contribution in [-0.2, 0) is 71.9 Å². The van der Waals surface area contributed by atoms with Crippen molar-refractivity contribution in [1.82, 2.24) is 0 Å². The SMILES string of the molecule is C[C@@H]1C(COCc2ccccc2)O[C@H](C)C(O[C@H]2OC(COCc3ccccc3)[C@@H](O[C@@H]3OC4COC(c5ccccc5)O[C@H]4[C@H](C)C3OC(=O)c3ccccc3)[C@H](C)C2OCc2ccccc2)[C@H]1C. The molecule has 5 aromatic rings. The summed E-state index contributed by atoms with van der Waals surface area (Å²) >= 11 is 0. The number of esters is 1. The zero-order valence-electron chi connectivity index (χ0n) is 40.8. The molecule has 9 rings (SSSR count). The fraction of sp³-hybridized carbons (Fsp3) is 0.466. The molecule has 4 heterocycles. The molecular weight excluding hydrogens is 889 g/mol. The number of fused-ring (bicyclic) bond motifs is 1. The number of benzene rings is 5. The Balaban J connectivity index is 0.985. The van der Waals surface area contributed by atoms with Crippen LogP contribution >= 0.6 is 0 Å². The van der Waals surface area contributed by atoms with Gasteiger partial charge in [-0.25, -0.2) is 4.79 Å². The average molecular weight is 957 g/mol. The van der Waals surface area contributed by atoms with Gasteiger partial charge in [-0.15, -0.1) is 0 Å². The van der Waals surface area contributed by atoms with Crippen molar-refractivity contribution < 1.29 is 56.9 Å². The summed E-state index contributed by atoms with van der Waals surface area (Å²) in [6.45, 7) is 12.6. The van der Waals surface area contributed by atoms with E-state index < -0.39 is 61.5 Å². The van der Waals surface area contributed by atoms with Crippen LogP contribution in [0.4, 0.5) is 0 Å². The normalized spacial score (nSPS) is 33.2. The van der Waals surface area contributed by atoms with Gasteiger partial charge in [-0.2, -0.15) is 0 Å². The summed E-state index contributed by atoms with van der Waals surface area (Å²) in [6.07, 6.45) is -7.09. The third-order valence-corrected chi connectivity index (χ3v) is 14.4. The molecule has 7 unspecified atom stereocenters. The fourth-order valence-corrected chi connectivity index (χ4v) is 10.2. The molecule has 0 aliphatic carbocycles. The van der Waals surface area contributed by atoms with E-state index in [1.54, 1.807) is 12.1 Å². The number of hydrogen-bond acceptors (Lipinski definition) is 12. The first-order valence-corrected chi connectivity index (χ1v) is 24.9. The van der Waals surface area contributed by atoms with Crippen LogP contribution in [0.25, 0.3) is 0 Å². The highest BCUT2D eigenvalue weighted by Gasteiger charge is 2.55. The molecule has 0 spiro atoms. The van der Waals surface area contributed by atoms with Crippen molar-refractivity contribution in [3.8, 4) is 0 Å². The van der Waals surface area contributed by atoms with Gasteiger partial charge >= 0.3 is 5.97 Å². The number of ether oxygens (including phenoxy) is 11. The van der Waals surface area contributed by atoms with Gasteiger partial charge in [0.15, 0.2) is 25.0 Å². The van der Waals surface area contributed by atoms with E-state index in [4.69, 9.17) is 52.1 Å². The molecule has 0 amide bonds. The first-order chi connectivity index (χ1) is 34.2. The van der Waals surface area contributed by atoms with Gasteiger partial charge in [0.2, 0.25) is 0 Å². The van der Waals surface area contributed by atoms with Crippen LogP contribution in [-0.4, -0.2) is 93.3 Å². The molecule has 0 bridgehead atoms. The van der Waals surface area contributed by atoms with E-state index >= 15 is 0 Å². The lowest BCUT2D eigenvalue weighted by molar-refractivity contribution is -0.382. The zero-order chi connectivity index (χ0) is 48.4. The Hall–Kier alpha value is -4.83. The Labute approximate surface area is 412 Å². The van der Waals surface area contributed by atoms with Crippen molar-refractivity contribution >= 4 is 5.97 Å². The molecule has 12 nitrogen and oxygen atoms in total. The molecule has 16 atom stereocenters. The topological polar surface area (TPSA) is 119 Å². The third kappa shape index (κ3) is 12.3. The maximum absolute atomic E-state index is 14.0. The number of rotatable bonds is 18. The molecule has 5 aromatic carbocycles. The highest BCUT2D eigenvalue weighted by atomic mass is 16.8. The van der Waals surface area contributed by atoms with Crippen LogP contribution in [0.1, 0.15) is 73.5 Å². The van der Waals surface area contributed by atoms with Gasteiger partial charge in [-0.05, 0) is 47.6 Å². The van der Waals surface area contributed by atoms with Crippen LogP contribution in [0, 0.1) is 23.7 Å². The molecular formula is C58H68O12. The van der Waals surface area contributed by atoms with Crippen LogP contribution in [0.15, 0.2) is 152 Å². The van der Waals surface area contributed by atoms with Crippen LogP contribution in [0.2, 0.25) is 0 Å². The maximum atomic E-state index is 14.0. The number of carbonyl (C=O) groups is 1. The average Bonchev–Trinajstić information content (AvgIpc) is 3.40. The molecule has 0 radical (unpaired) electrons. The number of hydrogen-bond donors (Lipinski definition) is 0. The van der Waals surface area contributed by atoms with Crippen LogP contribution in [0.5, 0.6) is 0 Å². The van der Waals surface area contributed by atoms with Gasteiger partial charge in [0, 0.05) is 17.4 Å². The zero-order valence-corrected chi connectivity index (χ0v) is 40.8. The smallest absolute Gasteiger partial charge is 0.338 e. The molecule has 4 fully saturated rings. The largest absolute Gasteiger partial charge is 0.453 e. The van der Waals surface area contributed by atoms with E-state index in [1.165, 1.54) is 0 Å². The Morgan fingerprint density at radius 1 is 0.500 bits per heavy atom. The maximum Gasteiger partial charge on any atom is 0.338 e. The Morgan fingerprint density at radius 3 is 1.64 bits per heavy atom. The second-order valence-electron chi connectivity index (χ2n) is 19.3. The predicted molar refractivity (Wildman–Crippen MR) is 261 cm³/mol. The van der Waals surface area contributed by atoms with Crippen molar-refractivity contribution in [2.45, 2.75) is 128 Å². The minimum Gasteiger partial charge on any atom is -0.453 e. The van der Waals surface area contributed by atoms with Crippen molar-refractivity contribution in [2.24, 2.45) is 23.7 Å². The van der Waals surface area contributed by atoms with E-state index in [-0.39, 0.29) is 55.2 Å². The highest BCUT2D eigenvalue weighted by Crippen LogP contribution is 2.42. The second-order valence-corrected chi connectivity index (χ2v) is 19.3. The lowest BCUT2D eigenvalue weighted by atomic mass is 9.81. The molecule has 70 heavy (non-hydrogen) atoms. The summed E-state index contributed by atoms with van der Waals surface area (Å²) in [6, 6.07) is 49.0. The monoisotopic (exact) mass is 956 g/mol. The molecule has 12 heteroatoms. The van der Waals surface area contributed by atoms with Crippen molar-refractivity contribution in [3.63, 3.8) is 0 Å². The molecule has 372 valence electrons. The minimum atomic E-state index is -1.04. The van der Waals surface area contributed by atoms with Gasteiger partial charge in [0.05, 0.1) is 75.7 Å². The molecule has 4 aliphatic rings. The first-order valence-electron chi connectivity index (χ1n) is 24.9. The molecule has 4 aliphatic heterocycles. The van der Waals surface area contributed by atoms with Gasteiger partial charge < -0.3 is 52.1 Å². The minimum absolute atomic E-state index is 0.0797. The summed E-state index contributed by atoms with van der Waals surface area (Å²) in [7, 11) is 0. The highest BCUT2D eigenvalue weighted by molar-refractivity contribution is 5.89. The molecule has 4 saturated heterocycles. The number of carbonyl (C=O) groups excluding carboxylic acids is 1. The van der Waals surface area contributed by atoms with Gasteiger partial charge in [0.1, 0.15) is 18.3 Å². The van der Waals surface area contributed by atoms with Crippen LogP contribution < -0.4 is 0 Å². The van der Waals surface area contributed by atoms with E-state index in [0.717, 1.165) is 22.3 Å². The summed E-state index contributed by atoms with van der Waals surface area (Å²) in [5.41, 5.74) is 4.45. The fourth-order valence-electron chi connectivity index (χ4n) is 10.2. The van der Waals surface area contributed by atoms with Gasteiger partial charge in [-0.3, -0.25) is 0 Å². The van der Waals surface area contributed by atoms with Gasteiger partial charge in [-0.1, -0.05) is 167 Å². The lowest BCUT2D eigenvalue weighted by Gasteiger charge is -2.52. The van der Waals surface area contributed by atoms with E-state index in [1.807, 2.05) is 134 Å². The van der Waals surface area contributed by atoms with Crippen molar-refractivity contribution in [1.29, 1.82) is 0 Å². The second kappa shape index (κ2) is 24.1. The van der Waals surface area contributed by atoms with E-state index in [0.29, 0.717) is 32.0 Å². The summed E-state index contributed by atoms with van der Waals surface area (Å²) in [5.74, 6) is -1.03. The Bertz CT molecular complexity index is 2320. The van der Waals surface area contributed by atoms with Crippen molar-refractivity contribution in [3.05, 3.63) is 179 Å². The molecule has 0 aromatic heterocycles. The Kier molecular flexibility index (Phi) is 17.2. The molecule has 0 N–H and O–H groups in total. The van der Waals surface area contributed by atoms with Gasteiger partial charge in [0.25, 0.3) is 0 Å². The van der Waals surface area contributed by atoms with Crippen LogP contribution in [0.3, 0.4) is 0 Å². The van der Waals surface area contributed by atoms with Crippen molar-refractivity contribution in [2.75, 3.05) is 19.8 Å². The summed E-state index contributed by atoms with van der Waals surface area (Å²) in [4.78, 5) is 14.0. The summed E-state index contributed by atoms with van der Waals surface area (Å²) in [5, 5.41) is 0. The summed E-state index contributed by atoms with van der Waals surface area (Å²) < 4.78 is 73.9. The van der Waals surface area contributed by atoms with E-state index in [2.05, 4.69) is 39.8 Å². The predicted octanol–water partition coefficient (Wildman–Crippen LogP) is 9.90. The third-order valence-electron chi connectivity index (χ3n) is 14.4. The molecule has 0 saturated carbocycles. The first kappa shape index (κ1) is 50.1. The lowest BCUT2D eigenvalue weighted by Crippen LogP contribution is -2.64. The van der Waals surface area contributed by atoms with E-state index in [9.17, 15) is 4.79 Å². The standard InChI is InChI=1S/C58H68O12/c1-37-38(2)50(41(5)64-47(37)34-60-31-42-21-11-6-12-22-42)68-57-53(62-33-44-25-15-8-16-26-44)39(3)51(48(65-57)35-61-32-43-23-13-7-14-24-43)70-58-54(67-55(59)45-27-17-9-18-28-45)40(4)52-49(66-58)36-63-56(69-52)46-29-19-10-20-30-46/h6-30,37-41,47-54,56-58H,31-36H2,1-5H3/t37-,38-,39-,40-,41+,47?,48?,49?,50?,51-,52-,53?,54?,56?,57+,58-/m0/s1.